The summed E-state index contributed by atoms with van der Waals surface area (Å²) in [6.07, 6.45) is 5.07. The van der Waals surface area contributed by atoms with Gasteiger partial charge in [-0.3, -0.25) is 4.98 Å². The quantitative estimate of drug-likeness (QED) is 0.484. The van der Waals surface area contributed by atoms with Gasteiger partial charge in [0.05, 0.1) is 12.2 Å². The highest BCUT2D eigenvalue weighted by molar-refractivity contribution is 9.09. The molecule has 16 heavy (non-hydrogen) atoms. The van der Waals surface area contributed by atoms with Gasteiger partial charge in [-0.05, 0) is 18.6 Å². The maximum atomic E-state index is 11.3. The lowest BCUT2D eigenvalue weighted by atomic mass is 10.3. The molecule has 0 amide bonds. The van der Waals surface area contributed by atoms with Gasteiger partial charge in [0.1, 0.15) is 0 Å². The maximum Gasteiger partial charge on any atom is 0.339 e. The largest absolute Gasteiger partial charge is 0.462 e. The molecule has 0 saturated carbocycles. The van der Waals surface area contributed by atoms with Crippen LogP contribution in [0.4, 0.5) is 0 Å². The first kappa shape index (κ1) is 15.1. The van der Waals surface area contributed by atoms with E-state index in [1.807, 2.05) is 6.92 Å². The molecular weight excluding hydrogens is 270 g/mol. The second-order valence-corrected chi connectivity index (χ2v) is 4.12. The number of unbranched alkanes of at least 4 members (excludes halogenated alkanes) is 1. The third-order valence-electron chi connectivity index (χ3n) is 1.63. The van der Waals surface area contributed by atoms with E-state index in [4.69, 9.17) is 4.74 Å². The first-order valence-electron chi connectivity index (χ1n) is 5.39. The zero-order chi connectivity index (χ0) is 12.2. The van der Waals surface area contributed by atoms with Gasteiger partial charge in [-0.15, -0.1) is 0 Å². The van der Waals surface area contributed by atoms with Crippen molar-refractivity contribution in [2.45, 2.75) is 26.7 Å². The lowest BCUT2D eigenvalue weighted by Gasteiger charge is -2.02. The summed E-state index contributed by atoms with van der Waals surface area (Å²) in [5.74, 6) is -0.290. The molecule has 0 bridgehead atoms. The number of carbonyl (C=O) groups is 1. The first-order valence-corrected chi connectivity index (χ1v) is 6.51. The number of nitrogens with zero attached hydrogens (tertiary/aromatic N) is 1. The normalized spacial score (nSPS) is 8.94. The van der Waals surface area contributed by atoms with Gasteiger partial charge in [0.25, 0.3) is 0 Å². The van der Waals surface area contributed by atoms with E-state index in [0.717, 1.165) is 18.2 Å². The molecule has 1 heterocycles. The SMILES string of the molecule is CCBr.CCCCOC(=O)c1cccnc1. The molecule has 0 N–H and O–H groups in total. The van der Waals surface area contributed by atoms with Gasteiger partial charge in [-0.25, -0.2) is 4.79 Å². The highest BCUT2D eigenvalue weighted by atomic mass is 79.9. The summed E-state index contributed by atoms with van der Waals surface area (Å²) in [4.78, 5) is 15.1. The zero-order valence-electron chi connectivity index (χ0n) is 9.78. The molecule has 0 atom stereocenters. The summed E-state index contributed by atoms with van der Waals surface area (Å²) >= 11 is 3.15. The Morgan fingerprint density at radius 1 is 1.50 bits per heavy atom. The van der Waals surface area contributed by atoms with Crippen molar-refractivity contribution in [2.24, 2.45) is 0 Å². The van der Waals surface area contributed by atoms with Gasteiger partial charge in [0, 0.05) is 17.7 Å². The fourth-order valence-electron chi connectivity index (χ4n) is 0.876. The van der Waals surface area contributed by atoms with E-state index in [2.05, 4.69) is 27.8 Å². The number of hydrogen-bond donors (Lipinski definition) is 0. The van der Waals surface area contributed by atoms with Crippen molar-refractivity contribution >= 4 is 21.9 Å². The Morgan fingerprint density at radius 3 is 2.69 bits per heavy atom. The van der Waals surface area contributed by atoms with Gasteiger partial charge in [-0.2, -0.15) is 0 Å². The Bertz CT molecular complexity index is 278. The zero-order valence-corrected chi connectivity index (χ0v) is 11.4. The van der Waals surface area contributed by atoms with Crippen LogP contribution < -0.4 is 0 Å². The van der Waals surface area contributed by atoms with Crippen molar-refractivity contribution in [1.29, 1.82) is 0 Å². The molecule has 0 radical (unpaired) electrons. The summed E-state index contributed by atoms with van der Waals surface area (Å²) in [7, 11) is 0. The van der Waals surface area contributed by atoms with E-state index in [1.54, 1.807) is 18.3 Å². The Kier molecular flexibility index (Phi) is 10.0. The van der Waals surface area contributed by atoms with Crippen molar-refractivity contribution in [3.05, 3.63) is 30.1 Å². The van der Waals surface area contributed by atoms with Gasteiger partial charge in [0.2, 0.25) is 0 Å². The first-order chi connectivity index (χ1) is 7.76. The number of esters is 1. The summed E-state index contributed by atoms with van der Waals surface area (Å²) < 4.78 is 4.99. The van der Waals surface area contributed by atoms with Crippen molar-refractivity contribution in [3.8, 4) is 0 Å². The van der Waals surface area contributed by atoms with Crippen LogP contribution in [-0.4, -0.2) is 22.9 Å². The highest BCUT2D eigenvalue weighted by Gasteiger charge is 2.04. The number of hydrogen-bond acceptors (Lipinski definition) is 3. The molecule has 4 heteroatoms. The predicted molar refractivity (Wildman–Crippen MR) is 68.9 cm³/mol. The number of alkyl halides is 1. The van der Waals surface area contributed by atoms with Gasteiger partial charge < -0.3 is 4.74 Å². The third kappa shape index (κ3) is 7.40. The van der Waals surface area contributed by atoms with Crippen LogP contribution in [0.1, 0.15) is 37.0 Å². The Hall–Kier alpha value is -0.900. The molecule has 1 rings (SSSR count). The molecule has 0 spiro atoms. The monoisotopic (exact) mass is 287 g/mol. The summed E-state index contributed by atoms with van der Waals surface area (Å²) in [6.45, 7) is 4.59. The van der Waals surface area contributed by atoms with E-state index in [9.17, 15) is 4.79 Å². The topological polar surface area (TPSA) is 39.2 Å². The minimum Gasteiger partial charge on any atom is -0.462 e. The van der Waals surface area contributed by atoms with Gasteiger partial charge >= 0.3 is 5.97 Å². The van der Waals surface area contributed by atoms with Crippen molar-refractivity contribution in [2.75, 3.05) is 11.9 Å². The second-order valence-electron chi connectivity index (χ2n) is 3.00. The van der Waals surface area contributed by atoms with Gasteiger partial charge in [-0.1, -0.05) is 36.2 Å². The Morgan fingerprint density at radius 2 is 2.19 bits per heavy atom. The molecule has 0 aliphatic carbocycles. The number of aromatic nitrogens is 1. The average molecular weight is 288 g/mol. The molecule has 0 fully saturated rings. The number of halogens is 1. The highest BCUT2D eigenvalue weighted by Crippen LogP contribution is 1.99. The lowest BCUT2D eigenvalue weighted by Crippen LogP contribution is -2.06. The predicted octanol–water partition coefficient (Wildman–Crippen LogP) is 3.44. The molecule has 1 aromatic heterocycles. The average Bonchev–Trinajstić information content (AvgIpc) is 2.31. The van der Waals surface area contributed by atoms with Crippen molar-refractivity contribution < 1.29 is 9.53 Å². The fraction of sp³-hybridized carbons (Fsp3) is 0.500. The molecule has 0 aliphatic rings. The Balaban J connectivity index is 0.000000673. The molecule has 0 unspecified atom stereocenters. The molecule has 3 nitrogen and oxygen atoms in total. The molecular formula is C12H18BrNO2. The van der Waals surface area contributed by atoms with E-state index in [1.165, 1.54) is 6.20 Å². The third-order valence-corrected chi connectivity index (χ3v) is 1.63. The number of carbonyl (C=O) groups excluding carboxylic acids is 1. The molecule has 1 aromatic rings. The van der Waals surface area contributed by atoms with Gasteiger partial charge in [0.15, 0.2) is 0 Å². The molecule has 0 saturated heterocycles. The van der Waals surface area contributed by atoms with Crippen LogP contribution >= 0.6 is 15.9 Å². The lowest BCUT2D eigenvalue weighted by molar-refractivity contribution is 0.0499. The fourth-order valence-corrected chi connectivity index (χ4v) is 0.876. The van der Waals surface area contributed by atoms with Crippen molar-refractivity contribution in [1.82, 2.24) is 4.98 Å². The molecule has 0 aromatic carbocycles. The van der Waals surface area contributed by atoms with Crippen molar-refractivity contribution in [3.63, 3.8) is 0 Å². The van der Waals surface area contributed by atoms with E-state index in [-0.39, 0.29) is 5.97 Å². The van der Waals surface area contributed by atoms with E-state index in [0.29, 0.717) is 12.2 Å². The van der Waals surface area contributed by atoms with Crippen LogP contribution in [0.15, 0.2) is 24.5 Å². The molecule has 0 aliphatic heterocycles. The maximum absolute atomic E-state index is 11.3. The Labute approximate surface area is 105 Å². The minimum atomic E-state index is -0.290. The minimum absolute atomic E-state index is 0.290. The summed E-state index contributed by atoms with van der Waals surface area (Å²) in [5, 5.41) is 1.06. The van der Waals surface area contributed by atoms with Crippen LogP contribution in [0.5, 0.6) is 0 Å². The van der Waals surface area contributed by atoms with Crippen LogP contribution in [0.2, 0.25) is 0 Å². The van der Waals surface area contributed by atoms with E-state index < -0.39 is 0 Å². The summed E-state index contributed by atoms with van der Waals surface area (Å²) in [5.41, 5.74) is 0.513. The van der Waals surface area contributed by atoms with Crippen LogP contribution in [0.25, 0.3) is 0 Å². The van der Waals surface area contributed by atoms with Crippen LogP contribution in [0.3, 0.4) is 0 Å². The second kappa shape index (κ2) is 10.6. The van der Waals surface area contributed by atoms with E-state index >= 15 is 0 Å². The summed E-state index contributed by atoms with van der Waals surface area (Å²) in [6, 6.07) is 3.41. The number of rotatable bonds is 4. The van der Waals surface area contributed by atoms with Crippen LogP contribution in [-0.2, 0) is 4.74 Å². The standard InChI is InChI=1S/C10H13NO2.C2H5Br/c1-2-3-7-13-10(12)9-5-4-6-11-8-9;1-2-3/h4-6,8H,2-3,7H2,1H3;2H2,1H3. The number of pyridine rings is 1. The molecule has 90 valence electrons. The number of ether oxygens (including phenoxy) is 1. The smallest absolute Gasteiger partial charge is 0.339 e. The van der Waals surface area contributed by atoms with Crippen LogP contribution in [0, 0.1) is 0 Å².